The summed E-state index contributed by atoms with van der Waals surface area (Å²) in [6.45, 7) is 6.86. The van der Waals surface area contributed by atoms with Crippen LogP contribution in [-0.4, -0.2) is 83.6 Å². The lowest BCUT2D eigenvalue weighted by molar-refractivity contribution is -0.172. The van der Waals surface area contributed by atoms with Gasteiger partial charge in [0.15, 0.2) is 0 Å². The molecule has 2 heterocycles. The molecule has 176 valence electrons. The molecule has 31 heavy (non-hydrogen) atoms. The molecule has 2 saturated carbocycles. The molecule has 0 bridgehead atoms. The third-order valence-electron chi connectivity index (χ3n) is 7.76. The predicted octanol–water partition coefficient (Wildman–Crippen LogP) is 1.84. The van der Waals surface area contributed by atoms with Crippen LogP contribution < -0.4 is 10.8 Å². The lowest BCUT2D eigenvalue weighted by atomic mass is 9.75. The number of alkyl halides is 2. The summed E-state index contributed by atoms with van der Waals surface area (Å²) < 4.78 is 14.5. The molecule has 4 fully saturated rings. The van der Waals surface area contributed by atoms with Crippen LogP contribution in [0.15, 0.2) is 0 Å². The Morgan fingerprint density at radius 3 is 2.55 bits per heavy atom. The summed E-state index contributed by atoms with van der Waals surface area (Å²) in [6.07, 6.45) is 3.25. The van der Waals surface area contributed by atoms with Crippen molar-refractivity contribution in [2.45, 2.75) is 88.2 Å². The number of hydrogen-bond acceptors (Lipinski definition) is 5. The van der Waals surface area contributed by atoms with E-state index in [-0.39, 0.29) is 35.3 Å². The van der Waals surface area contributed by atoms with Crippen LogP contribution >= 0.6 is 11.6 Å². The summed E-state index contributed by atoms with van der Waals surface area (Å²) in [4.78, 5) is 34.6. The Morgan fingerprint density at radius 1 is 1.10 bits per heavy atom. The zero-order valence-electron chi connectivity index (χ0n) is 18.6. The number of nitrogens with one attached hydrogen (secondary N) is 2. The van der Waals surface area contributed by atoms with E-state index in [1.807, 2.05) is 4.90 Å². The van der Waals surface area contributed by atoms with Crippen molar-refractivity contribution in [3.8, 4) is 0 Å². The minimum absolute atomic E-state index is 0.00393. The summed E-state index contributed by atoms with van der Waals surface area (Å²) in [5.74, 6) is 0.0713. The zero-order valence-corrected chi connectivity index (χ0v) is 19.3. The molecule has 2 amide bonds. The van der Waals surface area contributed by atoms with E-state index in [9.17, 15) is 14.0 Å². The molecule has 2 N–H and O–H groups in total. The van der Waals surface area contributed by atoms with Gasteiger partial charge < -0.3 is 10.2 Å². The van der Waals surface area contributed by atoms with Crippen molar-refractivity contribution >= 4 is 23.4 Å². The first-order valence-electron chi connectivity index (χ1n) is 11.8. The van der Waals surface area contributed by atoms with Gasteiger partial charge in [-0.2, -0.15) is 5.48 Å². The minimum Gasteiger partial charge on any atom is -0.352 e. The molecule has 4 rings (SSSR count). The minimum atomic E-state index is -0.904. The number of hydrogen-bond donors (Lipinski definition) is 2. The maximum atomic E-state index is 14.5. The quantitative estimate of drug-likeness (QED) is 0.631. The molecule has 2 aliphatic carbocycles. The largest absolute Gasteiger partial charge is 0.352 e. The molecule has 0 aromatic rings. The average molecular weight is 459 g/mol. The number of nitrogens with zero attached hydrogens (tertiary/aromatic N) is 2. The van der Waals surface area contributed by atoms with E-state index in [1.165, 1.54) is 0 Å². The highest BCUT2D eigenvalue weighted by atomic mass is 35.5. The fourth-order valence-corrected chi connectivity index (χ4v) is 6.32. The Morgan fingerprint density at radius 2 is 1.84 bits per heavy atom. The molecule has 0 spiro atoms. The molecule has 0 aromatic carbocycles. The highest BCUT2D eigenvalue weighted by Crippen LogP contribution is 2.38. The molecule has 0 aromatic heterocycles. The molecular formula is C22H36ClFN4O3. The maximum Gasteiger partial charge on any atom is 0.239 e. The Kier molecular flexibility index (Phi) is 7.41. The summed E-state index contributed by atoms with van der Waals surface area (Å²) in [5, 5.41) is 3.16. The Hall–Kier alpha value is -0.960. The van der Waals surface area contributed by atoms with Gasteiger partial charge in [0, 0.05) is 56.5 Å². The molecule has 2 aliphatic heterocycles. The monoisotopic (exact) mass is 458 g/mol. The second-order valence-corrected chi connectivity index (χ2v) is 10.5. The number of rotatable bonds is 3. The van der Waals surface area contributed by atoms with Gasteiger partial charge in [-0.3, -0.25) is 19.3 Å². The first-order chi connectivity index (χ1) is 14.8. The van der Waals surface area contributed by atoms with Crippen LogP contribution in [-0.2, 0) is 14.4 Å². The molecule has 8 atom stereocenters. The van der Waals surface area contributed by atoms with Gasteiger partial charge in [-0.05, 0) is 44.4 Å². The Balaban J connectivity index is 1.30. The molecular weight excluding hydrogens is 423 g/mol. The molecule has 0 radical (unpaired) electrons. The Labute approximate surface area is 189 Å². The number of carbonyl (C=O) groups excluding carboxylic acids is 2. The lowest BCUT2D eigenvalue weighted by Gasteiger charge is -2.45. The van der Waals surface area contributed by atoms with Crippen LogP contribution in [0.4, 0.5) is 4.39 Å². The van der Waals surface area contributed by atoms with Gasteiger partial charge in [0.1, 0.15) is 12.2 Å². The van der Waals surface area contributed by atoms with Crippen LogP contribution in [0.1, 0.15) is 52.4 Å². The SMILES string of the molecule is CC(=O)N1CCN(C2CC(Cl)CC(NC(=O)C3CC4C(F)CCC(C)C4ON3)C2)CC1. The van der Waals surface area contributed by atoms with Gasteiger partial charge in [0.2, 0.25) is 11.8 Å². The number of hydroxylamine groups is 1. The molecule has 7 nitrogen and oxygen atoms in total. The number of fused-ring (bicyclic) bond motifs is 1. The standard InChI is InChI=1S/C22H36ClFN4O3/c1-13-3-4-19(24)18-12-20(26-31-21(13)18)22(30)25-16-9-15(23)10-17(11-16)28-7-5-27(6-8-28)14(2)29/h13,15-21,26H,3-12H2,1-2H3,(H,25,30). The van der Waals surface area contributed by atoms with E-state index in [0.29, 0.717) is 24.8 Å². The lowest BCUT2D eigenvalue weighted by Crippen LogP contribution is -2.59. The predicted molar refractivity (Wildman–Crippen MR) is 116 cm³/mol. The van der Waals surface area contributed by atoms with Gasteiger partial charge in [0.25, 0.3) is 0 Å². The van der Waals surface area contributed by atoms with Crippen molar-refractivity contribution in [3.63, 3.8) is 0 Å². The van der Waals surface area contributed by atoms with Crippen LogP contribution in [0, 0.1) is 11.8 Å². The Bertz CT molecular complexity index is 663. The van der Waals surface area contributed by atoms with Gasteiger partial charge >= 0.3 is 0 Å². The molecule has 2 saturated heterocycles. The first kappa shape index (κ1) is 23.2. The fraction of sp³-hybridized carbons (Fsp3) is 0.909. The third-order valence-corrected chi connectivity index (χ3v) is 8.12. The summed E-state index contributed by atoms with van der Waals surface area (Å²) in [5.41, 5.74) is 2.90. The van der Waals surface area contributed by atoms with Gasteiger partial charge in [-0.25, -0.2) is 4.39 Å². The van der Waals surface area contributed by atoms with Crippen LogP contribution in [0.2, 0.25) is 0 Å². The molecule has 4 aliphatic rings. The van der Waals surface area contributed by atoms with Crippen molar-refractivity contribution in [2.75, 3.05) is 26.2 Å². The van der Waals surface area contributed by atoms with Crippen molar-refractivity contribution in [1.29, 1.82) is 0 Å². The smallest absolute Gasteiger partial charge is 0.239 e. The topological polar surface area (TPSA) is 73.9 Å². The van der Waals surface area contributed by atoms with E-state index in [0.717, 1.165) is 51.9 Å². The number of carbonyl (C=O) groups is 2. The number of halogens is 2. The van der Waals surface area contributed by atoms with E-state index in [2.05, 4.69) is 22.6 Å². The van der Waals surface area contributed by atoms with E-state index in [1.54, 1.807) is 6.92 Å². The van der Waals surface area contributed by atoms with E-state index in [4.69, 9.17) is 16.4 Å². The van der Waals surface area contributed by atoms with Crippen molar-refractivity contribution in [2.24, 2.45) is 11.8 Å². The summed E-state index contributed by atoms with van der Waals surface area (Å²) >= 11 is 6.57. The summed E-state index contributed by atoms with van der Waals surface area (Å²) in [6, 6.07) is -0.242. The highest BCUT2D eigenvalue weighted by molar-refractivity contribution is 6.20. The van der Waals surface area contributed by atoms with Crippen LogP contribution in [0.25, 0.3) is 0 Å². The second-order valence-electron chi connectivity index (χ2n) is 9.93. The third kappa shape index (κ3) is 5.34. The fourth-order valence-electron chi connectivity index (χ4n) is 5.90. The van der Waals surface area contributed by atoms with Gasteiger partial charge in [0.05, 0.1) is 6.10 Å². The number of amides is 2. The van der Waals surface area contributed by atoms with Crippen molar-refractivity contribution in [1.82, 2.24) is 20.6 Å². The van der Waals surface area contributed by atoms with Crippen molar-refractivity contribution < 1.29 is 18.8 Å². The molecule has 8 unspecified atom stereocenters. The first-order valence-corrected chi connectivity index (χ1v) is 12.2. The zero-order chi connectivity index (χ0) is 22.1. The highest BCUT2D eigenvalue weighted by Gasteiger charge is 2.45. The second kappa shape index (κ2) is 9.89. The normalized spacial score (nSPS) is 42.0. The van der Waals surface area contributed by atoms with Gasteiger partial charge in [-0.15, -0.1) is 11.6 Å². The average Bonchev–Trinajstić information content (AvgIpc) is 2.75. The van der Waals surface area contributed by atoms with E-state index >= 15 is 0 Å². The molecule has 9 heteroatoms. The van der Waals surface area contributed by atoms with Gasteiger partial charge in [-0.1, -0.05) is 6.92 Å². The van der Waals surface area contributed by atoms with E-state index < -0.39 is 12.2 Å². The van der Waals surface area contributed by atoms with Crippen LogP contribution in [0.5, 0.6) is 0 Å². The number of piperazine rings is 1. The maximum absolute atomic E-state index is 14.5. The van der Waals surface area contributed by atoms with Crippen molar-refractivity contribution in [3.05, 3.63) is 0 Å². The summed E-state index contributed by atoms with van der Waals surface area (Å²) in [7, 11) is 0. The van der Waals surface area contributed by atoms with Crippen LogP contribution in [0.3, 0.4) is 0 Å².